The minimum Gasteiger partial charge on any atom is -0.292 e. The van der Waals surface area contributed by atoms with Crippen LogP contribution in [0.15, 0.2) is 16.5 Å². The smallest absolute Gasteiger partial charge is 0.271 e. The highest BCUT2D eigenvalue weighted by atomic mass is 35.5. The summed E-state index contributed by atoms with van der Waals surface area (Å²) in [5, 5.41) is 6.94. The molecule has 0 N–H and O–H groups in total. The number of hydrogen-bond acceptors (Lipinski definition) is 4. The number of aromatic nitrogens is 4. The lowest BCUT2D eigenvalue weighted by Crippen LogP contribution is -2.22. The van der Waals surface area contributed by atoms with Gasteiger partial charge in [0, 0.05) is 6.54 Å². The van der Waals surface area contributed by atoms with Crippen molar-refractivity contribution in [3.63, 3.8) is 0 Å². The van der Waals surface area contributed by atoms with E-state index >= 15 is 0 Å². The summed E-state index contributed by atoms with van der Waals surface area (Å²) in [6.07, 6.45) is 1.59. The predicted octanol–water partition coefficient (Wildman–Crippen LogP) is 2.99. The van der Waals surface area contributed by atoms with Crippen molar-refractivity contribution in [3.05, 3.63) is 44.0 Å². The SMILES string of the molecule is CCn1nc(C)c(Cl)c1Cn1cnc2c(C)csc2c1=O. The molecule has 3 aromatic heterocycles. The molecule has 0 saturated carbocycles. The van der Waals surface area contributed by atoms with Crippen LogP contribution in [-0.2, 0) is 13.1 Å². The highest BCUT2D eigenvalue weighted by Crippen LogP contribution is 2.22. The average molecular weight is 323 g/mol. The molecular weight excluding hydrogens is 308 g/mol. The van der Waals surface area contributed by atoms with Crippen molar-refractivity contribution < 1.29 is 0 Å². The average Bonchev–Trinajstić information content (AvgIpc) is 2.97. The van der Waals surface area contributed by atoms with Gasteiger partial charge in [-0.1, -0.05) is 11.6 Å². The van der Waals surface area contributed by atoms with Crippen LogP contribution in [0, 0.1) is 13.8 Å². The molecule has 0 spiro atoms. The van der Waals surface area contributed by atoms with Gasteiger partial charge in [0.25, 0.3) is 5.56 Å². The van der Waals surface area contributed by atoms with Crippen molar-refractivity contribution in [1.82, 2.24) is 19.3 Å². The summed E-state index contributed by atoms with van der Waals surface area (Å²) in [7, 11) is 0. The lowest BCUT2D eigenvalue weighted by atomic mass is 10.3. The van der Waals surface area contributed by atoms with Crippen molar-refractivity contribution in [1.29, 1.82) is 0 Å². The molecule has 0 bridgehead atoms. The third kappa shape index (κ3) is 2.28. The van der Waals surface area contributed by atoms with Gasteiger partial charge < -0.3 is 0 Å². The van der Waals surface area contributed by atoms with Gasteiger partial charge in [0.1, 0.15) is 4.70 Å². The van der Waals surface area contributed by atoms with E-state index in [0.29, 0.717) is 22.8 Å². The molecule has 110 valence electrons. The fourth-order valence-corrected chi connectivity index (χ4v) is 3.50. The fourth-order valence-electron chi connectivity index (χ4n) is 2.35. The quantitative estimate of drug-likeness (QED) is 0.745. The standard InChI is InChI=1S/C14H15ClN4OS/c1-4-19-10(11(15)9(3)17-19)5-18-7-16-12-8(2)6-21-13(12)14(18)20/h6-7H,4-5H2,1-3H3. The van der Waals surface area contributed by atoms with E-state index in [4.69, 9.17) is 11.6 Å². The molecule has 0 amide bonds. The molecular formula is C14H15ClN4OS. The lowest BCUT2D eigenvalue weighted by molar-refractivity contribution is 0.590. The van der Waals surface area contributed by atoms with Crippen LogP contribution in [0.2, 0.25) is 5.02 Å². The van der Waals surface area contributed by atoms with Crippen molar-refractivity contribution in [2.45, 2.75) is 33.9 Å². The Morgan fingerprint density at radius 2 is 2.14 bits per heavy atom. The van der Waals surface area contributed by atoms with Gasteiger partial charge in [-0.15, -0.1) is 11.3 Å². The highest BCUT2D eigenvalue weighted by Gasteiger charge is 2.15. The molecule has 0 aliphatic heterocycles. The summed E-state index contributed by atoms with van der Waals surface area (Å²) >= 11 is 7.73. The summed E-state index contributed by atoms with van der Waals surface area (Å²) < 4.78 is 4.10. The molecule has 0 atom stereocenters. The summed E-state index contributed by atoms with van der Waals surface area (Å²) in [4.78, 5) is 16.9. The van der Waals surface area contributed by atoms with E-state index in [0.717, 1.165) is 22.5 Å². The molecule has 3 rings (SSSR count). The first-order valence-electron chi connectivity index (χ1n) is 6.68. The number of hydrogen-bond donors (Lipinski definition) is 0. The van der Waals surface area contributed by atoms with Gasteiger partial charge in [0.15, 0.2) is 0 Å². The van der Waals surface area contributed by atoms with Gasteiger partial charge in [0.05, 0.1) is 34.8 Å². The number of rotatable bonds is 3. The van der Waals surface area contributed by atoms with E-state index in [1.54, 1.807) is 10.9 Å². The molecule has 21 heavy (non-hydrogen) atoms. The Morgan fingerprint density at radius 3 is 2.86 bits per heavy atom. The Labute approximate surface area is 130 Å². The van der Waals surface area contributed by atoms with E-state index in [-0.39, 0.29) is 5.56 Å². The Kier molecular flexibility index (Phi) is 3.59. The minimum absolute atomic E-state index is 0.0318. The third-order valence-corrected chi connectivity index (χ3v) is 5.06. The Bertz CT molecular complexity index is 877. The van der Waals surface area contributed by atoms with Gasteiger partial charge in [0.2, 0.25) is 0 Å². The van der Waals surface area contributed by atoms with Crippen LogP contribution in [0.1, 0.15) is 23.9 Å². The maximum Gasteiger partial charge on any atom is 0.271 e. The van der Waals surface area contributed by atoms with Gasteiger partial charge in [-0.05, 0) is 31.7 Å². The number of halogens is 1. The Balaban J connectivity index is 2.11. The van der Waals surface area contributed by atoms with Gasteiger partial charge >= 0.3 is 0 Å². The lowest BCUT2D eigenvalue weighted by Gasteiger charge is -2.08. The van der Waals surface area contributed by atoms with Crippen LogP contribution in [-0.4, -0.2) is 19.3 Å². The van der Waals surface area contributed by atoms with E-state index in [2.05, 4.69) is 10.1 Å². The number of nitrogens with zero attached hydrogens (tertiary/aromatic N) is 4. The topological polar surface area (TPSA) is 52.7 Å². The molecule has 0 radical (unpaired) electrons. The van der Waals surface area contributed by atoms with E-state index in [9.17, 15) is 4.79 Å². The largest absolute Gasteiger partial charge is 0.292 e. The second kappa shape index (κ2) is 5.27. The van der Waals surface area contributed by atoms with E-state index in [1.165, 1.54) is 11.3 Å². The first-order valence-corrected chi connectivity index (χ1v) is 7.93. The number of aryl methyl sites for hydroxylation is 3. The normalized spacial score (nSPS) is 11.4. The fraction of sp³-hybridized carbons (Fsp3) is 0.357. The first-order chi connectivity index (χ1) is 10.0. The summed E-state index contributed by atoms with van der Waals surface area (Å²) in [6.45, 7) is 6.92. The summed E-state index contributed by atoms with van der Waals surface area (Å²) in [5.74, 6) is 0. The monoisotopic (exact) mass is 322 g/mol. The Hall–Kier alpha value is -1.66. The van der Waals surface area contributed by atoms with Crippen LogP contribution in [0.4, 0.5) is 0 Å². The van der Waals surface area contributed by atoms with Crippen molar-refractivity contribution in [2.75, 3.05) is 0 Å². The molecule has 0 fully saturated rings. The van der Waals surface area contributed by atoms with E-state index < -0.39 is 0 Å². The van der Waals surface area contributed by atoms with Crippen molar-refractivity contribution in [2.24, 2.45) is 0 Å². The summed E-state index contributed by atoms with van der Waals surface area (Å²) in [5.41, 5.74) is 3.41. The summed E-state index contributed by atoms with van der Waals surface area (Å²) in [6, 6.07) is 0. The maximum atomic E-state index is 12.5. The second-order valence-electron chi connectivity index (χ2n) is 4.94. The zero-order valence-corrected chi connectivity index (χ0v) is 13.6. The molecule has 7 heteroatoms. The van der Waals surface area contributed by atoms with Gasteiger partial charge in [-0.25, -0.2) is 4.98 Å². The molecule has 3 heterocycles. The second-order valence-corrected chi connectivity index (χ2v) is 6.19. The molecule has 0 unspecified atom stereocenters. The van der Waals surface area contributed by atoms with Crippen LogP contribution in [0.5, 0.6) is 0 Å². The Morgan fingerprint density at radius 1 is 1.38 bits per heavy atom. The molecule has 0 aliphatic rings. The van der Waals surface area contributed by atoms with E-state index in [1.807, 2.05) is 30.8 Å². The van der Waals surface area contributed by atoms with Crippen LogP contribution >= 0.6 is 22.9 Å². The molecule has 0 aliphatic carbocycles. The van der Waals surface area contributed by atoms with Gasteiger partial charge in [-0.3, -0.25) is 14.0 Å². The molecule has 0 aromatic carbocycles. The zero-order chi connectivity index (χ0) is 15.1. The minimum atomic E-state index is -0.0318. The van der Waals surface area contributed by atoms with Crippen LogP contribution in [0.25, 0.3) is 10.2 Å². The van der Waals surface area contributed by atoms with Gasteiger partial charge in [-0.2, -0.15) is 5.10 Å². The number of fused-ring (bicyclic) bond motifs is 1. The molecule has 5 nitrogen and oxygen atoms in total. The van der Waals surface area contributed by atoms with Crippen molar-refractivity contribution >= 4 is 33.2 Å². The molecule has 3 aromatic rings. The first kappa shape index (κ1) is 14.3. The third-order valence-electron chi connectivity index (χ3n) is 3.50. The zero-order valence-electron chi connectivity index (χ0n) is 12.1. The van der Waals surface area contributed by atoms with Crippen molar-refractivity contribution in [3.8, 4) is 0 Å². The maximum absolute atomic E-state index is 12.5. The predicted molar refractivity (Wildman–Crippen MR) is 85.4 cm³/mol. The van der Waals surface area contributed by atoms with Crippen LogP contribution < -0.4 is 5.56 Å². The van der Waals surface area contributed by atoms with Crippen LogP contribution in [0.3, 0.4) is 0 Å². The molecule has 0 saturated heterocycles. The highest BCUT2D eigenvalue weighted by molar-refractivity contribution is 7.17. The number of thiophene rings is 1.